The summed E-state index contributed by atoms with van der Waals surface area (Å²) in [6, 6.07) is 18.5. The van der Waals surface area contributed by atoms with Crippen molar-refractivity contribution in [1.29, 1.82) is 0 Å². The predicted molar refractivity (Wildman–Crippen MR) is 106 cm³/mol. The zero-order valence-electron chi connectivity index (χ0n) is 15.6. The molecule has 0 saturated carbocycles. The second-order valence-electron chi connectivity index (χ2n) is 7.28. The zero-order chi connectivity index (χ0) is 18.8. The number of nitrogens with zero attached hydrogens (tertiary/aromatic N) is 3. The predicted octanol–water partition coefficient (Wildman–Crippen LogP) is 2.48. The highest BCUT2D eigenvalue weighted by atomic mass is 16.3. The Morgan fingerprint density at radius 3 is 2.48 bits per heavy atom. The van der Waals surface area contributed by atoms with Gasteiger partial charge in [-0.3, -0.25) is 9.13 Å². The van der Waals surface area contributed by atoms with Crippen molar-refractivity contribution in [1.82, 2.24) is 14.0 Å². The maximum absolute atomic E-state index is 12.8. The summed E-state index contributed by atoms with van der Waals surface area (Å²) < 4.78 is 3.22. The van der Waals surface area contributed by atoms with Crippen LogP contribution in [0.2, 0.25) is 0 Å². The molecule has 0 saturated heterocycles. The number of aromatic hydroxyl groups is 1. The third-order valence-corrected chi connectivity index (χ3v) is 5.44. The second-order valence-corrected chi connectivity index (χ2v) is 7.28. The number of hydrogen-bond acceptors (Lipinski definition) is 3. The van der Waals surface area contributed by atoms with Crippen molar-refractivity contribution in [3.63, 3.8) is 0 Å². The maximum Gasteiger partial charge on any atom is 0.331 e. The Balaban J connectivity index is 1.43. The Morgan fingerprint density at radius 1 is 1.00 bits per heavy atom. The molecule has 140 valence electrons. The van der Waals surface area contributed by atoms with Gasteiger partial charge in [-0.1, -0.05) is 54.6 Å². The van der Waals surface area contributed by atoms with E-state index in [4.69, 9.17) is 0 Å². The molecule has 0 fully saturated rings. The molecule has 27 heavy (non-hydrogen) atoms. The van der Waals surface area contributed by atoms with Crippen LogP contribution in [0, 0.1) is 0 Å². The molecule has 0 bridgehead atoms. The van der Waals surface area contributed by atoms with E-state index in [0.29, 0.717) is 19.5 Å². The lowest BCUT2D eigenvalue weighted by Gasteiger charge is -2.17. The van der Waals surface area contributed by atoms with E-state index >= 15 is 0 Å². The summed E-state index contributed by atoms with van der Waals surface area (Å²) in [5, 5.41) is 10.6. The van der Waals surface area contributed by atoms with Gasteiger partial charge in [0.25, 0.3) is 0 Å². The normalized spacial score (nSPS) is 12.8. The van der Waals surface area contributed by atoms with Crippen LogP contribution < -0.4 is 5.69 Å². The summed E-state index contributed by atoms with van der Waals surface area (Å²) in [5.41, 5.74) is 4.26. The molecular weight excluding hydrogens is 338 g/mol. The lowest BCUT2D eigenvalue weighted by Crippen LogP contribution is -2.31. The van der Waals surface area contributed by atoms with E-state index in [1.54, 1.807) is 4.57 Å². The lowest BCUT2D eigenvalue weighted by atomic mass is 9.99. The van der Waals surface area contributed by atoms with E-state index in [1.165, 1.54) is 15.7 Å². The molecule has 3 aromatic rings. The second kappa shape index (κ2) is 7.45. The van der Waals surface area contributed by atoms with Crippen molar-refractivity contribution in [2.24, 2.45) is 0 Å². The SMILES string of the molecule is CN(CCc1ccccc1)CCn1c(O)c2n(c1=O)Cc1ccccc1C2. The minimum atomic E-state index is -0.117. The van der Waals surface area contributed by atoms with Crippen LogP contribution in [0.3, 0.4) is 0 Å². The molecule has 0 atom stereocenters. The van der Waals surface area contributed by atoms with Gasteiger partial charge < -0.3 is 10.0 Å². The van der Waals surface area contributed by atoms with Crippen LogP contribution in [-0.4, -0.2) is 39.3 Å². The summed E-state index contributed by atoms with van der Waals surface area (Å²) in [4.78, 5) is 15.0. The van der Waals surface area contributed by atoms with Crippen LogP contribution in [0.5, 0.6) is 5.88 Å². The van der Waals surface area contributed by atoms with Crippen LogP contribution in [0.1, 0.15) is 22.4 Å². The number of fused-ring (bicyclic) bond motifs is 2. The Morgan fingerprint density at radius 2 is 1.70 bits per heavy atom. The van der Waals surface area contributed by atoms with Gasteiger partial charge in [0, 0.05) is 26.1 Å². The highest BCUT2D eigenvalue weighted by Gasteiger charge is 2.24. The lowest BCUT2D eigenvalue weighted by molar-refractivity contribution is 0.308. The Bertz CT molecular complexity index is 989. The molecular formula is C22H25N3O2. The number of benzene rings is 2. The molecule has 0 radical (unpaired) electrons. The third kappa shape index (κ3) is 3.55. The molecule has 5 nitrogen and oxygen atoms in total. The van der Waals surface area contributed by atoms with Crippen molar-refractivity contribution >= 4 is 0 Å². The molecule has 1 N–H and O–H groups in total. The summed E-state index contributed by atoms with van der Waals surface area (Å²) >= 11 is 0. The fraction of sp³-hybridized carbons (Fsp3) is 0.318. The summed E-state index contributed by atoms with van der Waals surface area (Å²) in [6.45, 7) is 2.66. The van der Waals surface area contributed by atoms with Crippen molar-refractivity contribution in [2.75, 3.05) is 20.1 Å². The smallest absolute Gasteiger partial charge is 0.331 e. The van der Waals surface area contributed by atoms with Crippen molar-refractivity contribution in [3.05, 3.63) is 87.5 Å². The first kappa shape index (κ1) is 17.6. The van der Waals surface area contributed by atoms with Gasteiger partial charge in [0.05, 0.1) is 12.2 Å². The molecule has 1 aliphatic rings. The number of imidazole rings is 1. The van der Waals surface area contributed by atoms with Crippen molar-refractivity contribution in [2.45, 2.75) is 25.9 Å². The van der Waals surface area contributed by atoms with Crippen LogP contribution >= 0.6 is 0 Å². The number of likely N-dealkylation sites (N-methyl/N-ethyl adjacent to an activating group) is 1. The van der Waals surface area contributed by atoms with Crippen LogP contribution in [0.15, 0.2) is 59.4 Å². The van der Waals surface area contributed by atoms with Gasteiger partial charge in [-0.2, -0.15) is 0 Å². The van der Waals surface area contributed by atoms with E-state index in [2.05, 4.69) is 48.3 Å². The molecule has 2 heterocycles. The van der Waals surface area contributed by atoms with Crippen LogP contribution in [0.4, 0.5) is 0 Å². The molecule has 4 rings (SSSR count). The summed E-state index contributed by atoms with van der Waals surface area (Å²) in [6.07, 6.45) is 1.58. The van der Waals surface area contributed by atoms with E-state index in [9.17, 15) is 9.90 Å². The minimum Gasteiger partial charge on any atom is -0.493 e. The molecule has 1 aliphatic heterocycles. The molecule has 2 aromatic carbocycles. The van der Waals surface area contributed by atoms with Crippen LogP contribution in [-0.2, 0) is 25.9 Å². The molecule has 0 aliphatic carbocycles. The van der Waals surface area contributed by atoms with E-state index in [-0.39, 0.29) is 11.6 Å². The first-order valence-electron chi connectivity index (χ1n) is 9.44. The van der Waals surface area contributed by atoms with Crippen molar-refractivity contribution < 1.29 is 5.11 Å². The Hall–Kier alpha value is -2.79. The fourth-order valence-corrected chi connectivity index (χ4v) is 3.75. The third-order valence-electron chi connectivity index (χ3n) is 5.44. The van der Waals surface area contributed by atoms with Gasteiger partial charge in [-0.25, -0.2) is 4.79 Å². The largest absolute Gasteiger partial charge is 0.493 e. The molecule has 0 unspecified atom stereocenters. The van der Waals surface area contributed by atoms with Gasteiger partial charge in [0.2, 0.25) is 5.88 Å². The number of hydrogen-bond donors (Lipinski definition) is 1. The molecule has 1 aromatic heterocycles. The minimum absolute atomic E-state index is 0.117. The average Bonchev–Trinajstić information content (AvgIpc) is 2.93. The molecule has 0 amide bonds. The van der Waals surface area contributed by atoms with Gasteiger partial charge in [-0.15, -0.1) is 0 Å². The number of aromatic nitrogens is 2. The van der Waals surface area contributed by atoms with Gasteiger partial charge >= 0.3 is 5.69 Å². The first-order valence-corrected chi connectivity index (χ1v) is 9.44. The van der Waals surface area contributed by atoms with Crippen molar-refractivity contribution in [3.8, 4) is 5.88 Å². The Kier molecular flexibility index (Phi) is 4.86. The average molecular weight is 363 g/mol. The van der Waals surface area contributed by atoms with Gasteiger partial charge in [0.15, 0.2) is 0 Å². The monoisotopic (exact) mass is 363 g/mol. The van der Waals surface area contributed by atoms with E-state index in [1.807, 2.05) is 18.2 Å². The highest BCUT2D eigenvalue weighted by molar-refractivity contribution is 5.38. The maximum atomic E-state index is 12.8. The Labute approximate surface area is 159 Å². The highest BCUT2D eigenvalue weighted by Crippen LogP contribution is 2.27. The van der Waals surface area contributed by atoms with E-state index < -0.39 is 0 Å². The van der Waals surface area contributed by atoms with E-state index in [0.717, 1.165) is 30.8 Å². The summed E-state index contributed by atoms with van der Waals surface area (Å²) in [5.74, 6) is 0.117. The van der Waals surface area contributed by atoms with Gasteiger partial charge in [-0.05, 0) is 30.2 Å². The topological polar surface area (TPSA) is 50.4 Å². The van der Waals surface area contributed by atoms with Crippen LogP contribution in [0.25, 0.3) is 0 Å². The quantitative estimate of drug-likeness (QED) is 0.573. The number of rotatable bonds is 6. The molecule has 5 heteroatoms. The van der Waals surface area contributed by atoms with Gasteiger partial charge in [0.1, 0.15) is 0 Å². The summed E-state index contributed by atoms with van der Waals surface area (Å²) in [7, 11) is 2.05. The first-order chi connectivity index (χ1) is 13.1. The molecule has 0 spiro atoms. The standard InChI is InChI=1S/C22H25N3O2/c1-23(12-11-17-7-3-2-4-8-17)13-14-24-21(26)20-15-18-9-5-6-10-19(18)16-25(20)22(24)27/h2-10,26H,11-16H2,1H3. The zero-order valence-corrected chi connectivity index (χ0v) is 15.6. The fourth-order valence-electron chi connectivity index (χ4n) is 3.75.